The van der Waals surface area contributed by atoms with Gasteiger partial charge >= 0.3 is 20.9 Å². The van der Waals surface area contributed by atoms with Gasteiger partial charge in [0.05, 0.1) is 20.4 Å². The Bertz CT molecular complexity index is 1340. The van der Waals surface area contributed by atoms with Crippen LogP contribution in [0.3, 0.4) is 0 Å². The zero-order valence-corrected chi connectivity index (χ0v) is 20.0. The van der Waals surface area contributed by atoms with Gasteiger partial charge in [-0.05, 0) is 73.1 Å². The summed E-state index contributed by atoms with van der Waals surface area (Å²) in [7, 11) is -4.70. The van der Waals surface area contributed by atoms with Crippen molar-refractivity contribution in [3.63, 3.8) is 0 Å². The van der Waals surface area contributed by atoms with Gasteiger partial charge in [-0.3, -0.25) is 20.2 Å². The number of rotatable bonds is 11. The lowest BCUT2D eigenvalue weighted by Gasteiger charge is -2.23. The fourth-order valence-corrected chi connectivity index (χ4v) is 4.47. The van der Waals surface area contributed by atoms with E-state index in [9.17, 15) is 32.5 Å². The molecule has 0 saturated heterocycles. The van der Waals surface area contributed by atoms with Crippen molar-refractivity contribution >= 4 is 48.6 Å². The van der Waals surface area contributed by atoms with Gasteiger partial charge in [-0.1, -0.05) is 12.1 Å². The lowest BCUT2D eigenvalue weighted by atomic mass is 10.1. The lowest BCUT2D eigenvalue weighted by Crippen LogP contribution is -2.24. The van der Waals surface area contributed by atoms with E-state index >= 15 is 0 Å². The number of hydrogen-bond donors (Lipinski definition) is 0. The minimum atomic E-state index is -4.70. The molecule has 0 radical (unpaired) electrons. The zero-order valence-electron chi connectivity index (χ0n) is 18.4. The number of aryl methyl sites for hydroxylation is 1. The Morgan fingerprint density at radius 3 is 2.20 bits per heavy atom. The summed E-state index contributed by atoms with van der Waals surface area (Å²) < 4.78 is 34.8. The topological polar surface area (TPSA) is 148 Å². The number of nitrogens with zero attached hydrogens (tertiary/aromatic N) is 5. The molecule has 0 N–H and O–H groups in total. The number of benzene rings is 2. The van der Waals surface area contributed by atoms with Gasteiger partial charge in [-0.25, -0.2) is 0 Å². The van der Waals surface area contributed by atoms with E-state index in [0.717, 1.165) is 30.3 Å². The minimum Gasteiger partial charge on any atom is -0.372 e. The van der Waals surface area contributed by atoms with Crippen molar-refractivity contribution in [3.05, 3.63) is 80.4 Å². The van der Waals surface area contributed by atoms with Gasteiger partial charge in [-0.15, -0.1) is 14.1 Å². The number of anilines is 1. The third-order valence-electron chi connectivity index (χ3n) is 5.01. The van der Waals surface area contributed by atoms with E-state index in [4.69, 9.17) is 0 Å². The number of hydrogen-bond acceptors (Lipinski definition) is 10. The van der Waals surface area contributed by atoms with E-state index in [-0.39, 0.29) is 14.9 Å². The quantitative estimate of drug-likeness (QED) is 0.128. The Balaban J connectivity index is 1.62. The second kappa shape index (κ2) is 11.1. The monoisotopic (exact) mass is 521 g/mol. The molecule has 0 saturated carbocycles. The molecule has 184 valence electrons. The molecule has 1 heterocycles. The van der Waals surface area contributed by atoms with Gasteiger partial charge in [0.15, 0.2) is 0 Å². The fraction of sp³-hybridized carbons (Fsp3) is 0.238. The smallest absolute Gasteiger partial charge is 0.333 e. The fourth-order valence-electron chi connectivity index (χ4n) is 3.25. The average Bonchev–Trinajstić information content (AvgIpc) is 3.26. The second-order valence-electron chi connectivity index (χ2n) is 7.27. The Hall–Kier alpha value is -3.78. The molecule has 0 unspecified atom stereocenters. The third kappa shape index (κ3) is 6.86. The maximum atomic E-state index is 13.0. The number of nitro groups is 2. The van der Waals surface area contributed by atoms with Gasteiger partial charge in [0.2, 0.25) is 5.00 Å². The highest BCUT2D eigenvalue weighted by atomic mass is 32.3. The second-order valence-corrected chi connectivity index (χ2v) is 9.63. The zero-order chi connectivity index (χ0) is 25.6. The van der Waals surface area contributed by atoms with Gasteiger partial charge in [-0.2, -0.15) is 8.42 Å². The molecule has 0 spiro atoms. The summed E-state index contributed by atoms with van der Waals surface area (Å²) in [5.41, 5.74) is 1.77. The van der Waals surface area contributed by atoms with Crippen molar-refractivity contribution in [2.45, 2.75) is 24.7 Å². The molecule has 0 aliphatic rings. The molecule has 0 fully saturated rings. The molecule has 0 bridgehead atoms. The van der Waals surface area contributed by atoms with Crippen LogP contribution in [0, 0.1) is 20.2 Å². The van der Waals surface area contributed by atoms with Crippen LogP contribution < -0.4 is 4.90 Å². The molecule has 2 aromatic carbocycles. The van der Waals surface area contributed by atoms with Crippen LogP contribution in [0.25, 0.3) is 0 Å². The van der Waals surface area contributed by atoms with Crippen LogP contribution in [0.4, 0.5) is 31.0 Å². The summed E-state index contributed by atoms with van der Waals surface area (Å²) >= 11 is 0.578. The summed E-state index contributed by atoms with van der Waals surface area (Å²) in [5, 5.41) is 29.2. The third-order valence-corrected chi connectivity index (χ3v) is 6.80. The first kappa shape index (κ1) is 25.8. The Kier molecular flexibility index (Phi) is 8.19. The number of thiophene rings is 1. The van der Waals surface area contributed by atoms with E-state index < -0.39 is 25.8 Å². The Morgan fingerprint density at radius 2 is 1.66 bits per heavy atom. The first-order valence-electron chi connectivity index (χ1n) is 10.3. The summed E-state index contributed by atoms with van der Waals surface area (Å²) in [6.07, 6.45) is 1.46. The molecule has 14 heteroatoms. The largest absolute Gasteiger partial charge is 0.372 e. The molecule has 11 nitrogen and oxygen atoms in total. The van der Waals surface area contributed by atoms with E-state index in [2.05, 4.69) is 15.1 Å². The van der Waals surface area contributed by atoms with Crippen molar-refractivity contribution in [3.8, 4) is 0 Å². The molecule has 1 aromatic heterocycles. The van der Waals surface area contributed by atoms with E-state index in [0.29, 0.717) is 30.0 Å². The first-order chi connectivity index (χ1) is 16.6. The predicted octanol–water partition coefficient (Wildman–Crippen LogP) is 6.10. The standard InChI is InChI=1S/C21H20FN5O6S2/c1-2-25(13-3-4-15-5-11-18(12-6-15)35(22,32)33)17-9-7-16(8-10-17)23-24-21-19(26(28)29)14-20(34-21)27(30)31/h5-12,14H,2-4,13H2,1H3. The molecular weight excluding hydrogens is 501 g/mol. The molecular formula is C21H20FN5O6S2. The molecule has 0 aliphatic heterocycles. The highest BCUT2D eigenvalue weighted by molar-refractivity contribution is 7.86. The summed E-state index contributed by atoms with van der Waals surface area (Å²) in [6.45, 7) is 3.44. The van der Waals surface area contributed by atoms with Crippen molar-refractivity contribution in [1.29, 1.82) is 0 Å². The maximum Gasteiger partial charge on any atom is 0.333 e. The van der Waals surface area contributed by atoms with Crippen molar-refractivity contribution < 1.29 is 22.2 Å². The SMILES string of the molecule is CCN(CCCc1ccc(S(=O)(=O)F)cc1)c1ccc(N=Nc2sc([N+](=O)[O-])cc2[N+](=O)[O-])cc1. The maximum absolute atomic E-state index is 13.0. The van der Waals surface area contributed by atoms with Gasteiger partial charge in [0.1, 0.15) is 6.07 Å². The van der Waals surface area contributed by atoms with Crippen LogP contribution in [-0.4, -0.2) is 31.4 Å². The van der Waals surface area contributed by atoms with Crippen LogP contribution in [0.5, 0.6) is 0 Å². The van der Waals surface area contributed by atoms with Crippen molar-refractivity contribution in [1.82, 2.24) is 0 Å². The van der Waals surface area contributed by atoms with Gasteiger partial charge in [0.25, 0.3) is 0 Å². The molecule has 3 aromatic rings. The molecule has 0 amide bonds. The van der Waals surface area contributed by atoms with Crippen LogP contribution in [0.15, 0.2) is 69.7 Å². The van der Waals surface area contributed by atoms with Crippen LogP contribution in [-0.2, 0) is 16.6 Å². The van der Waals surface area contributed by atoms with Crippen LogP contribution in [0.2, 0.25) is 0 Å². The summed E-state index contributed by atoms with van der Waals surface area (Å²) in [6, 6.07) is 13.6. The molecule has 0 atom stereocenters. The highest BCUT2D eigenvalue weighted by Gasteiger charge is 2.25. The van der Waals surface area contributed by atoms with Crippen LogP contribution in [0.1, 0.15) is 18.9 Å². The number of halogens is 1. The summed E-state index contributed by atoms with van der Waals surface area (Å²) in [4.78, 5) is 22.3. The van der Waals surface area contributed by atoms with Crippen LogP contribution >= 0.6 is 11.3 Å². The van der Waals surface area contributed by atoms with Crippen molar-refractivity contribution in [2.24, 2.45) is 10.2 Å². The van der Waals surface area contributed by atoms with Gasteiger partial charge < -0.3 is 4.90 Å². The molecule has 3 rings (SSSR count). The highest BCUT2D eigenvalue weighted by Crippen LogP contribution is 2.42. The first-order valence-corrected chi connectivity index (χ1v) is 12.5. The predicted molar refractivity (Wildman–Crippen MR) is 129 cm³/mol. The van der Waals surface area contributed by atoms with E-state index in [1.807, 2.05) is 19.1 Å². The lowest BCUT2D eigenvalue weighted by molar-refractivity contribution is -0.389. The Morgan fingerprint density at radius 1 is 1.00 bits per heavy atom. The molecule has 35 heavy (non-hydrogen) atoms. The normalized spacial score (nSPS) is 11.6. The van der Waals surface area contributed by atoms with E-state index in [1.165, 1.54) is 12.1 Å². The van der Waals surface area contributed by atoms with Crippen molar-refractivity contribution in [2.75, 3.05) is 18.0 Å². The average molecular weight is 522 g/mol. The number of azo groups is 1. The molecule has 0 aliphatic carbocycles. The van der Waals surface area contributed by atoms with E-state index in [1.54, 1.807) is 24.3 Å². The minimum absolute atomic E-state index is 0.155. The summed E-state index contributed by atoms with van der Waals surface area (Å²) in [5.74, 6) is 0. The Labute approximate surface area is 204 Å². The van der Waals surface area contributed by atoms with Gasteiger partial charge in [0, 0.05) is 18.8 Å².